The van der Waals surface area contributed by atoms with Crippen molar-refractivity contribution in [2.45, 2.75) is 33.2 Å². The SMILES string of the molecule is CCCN(CC)c1ncccc1C(C)NC. The van der Waals surface area contributed by atoms with Crippen molar-refractivity contribution in [3.05, 3.63) is 23.9 Å². The maximum atomic E-state index is 4.52. The molecule has 1 unspecified atom stereocenters. The van der Waals surface area contributed by atoms with Gasteiger partial charge in [0.2, 0.25) is 0 Å². The first-order chi connectivity index (χ1) is 7.74. The van der Waals surface area contributed by atoms with Crippen LogP contribution >= 0.6 is 0 Å². The monoisotopic (exact) mass is 221 g/mol. The van der Waals surface area contributed by atoms with E-state index in [1.165, 1.54) is 5.56 Å². The first-order valence-corrected chi connectivity index (χ1v) is 6.11. The zero-order valence-electron chi connectivity index (χ0n) is 10.8. The van der Waals surface area contributed by atoms with Gasteiger partial charge in [0.25, 0.3) is 0 Å². The van der Waals surface area contributed by atoms with Crippen molar-refractivity contribution in [1.29, 1.82) is 0 Å². The average Bonchev–Trinajstić information content (AvgIpc) is 2.35. The van der Waals surface area contributed by atoms with Crippen LogP contribution in [-0.2, 0) is 0 Å². The topological polar surface area (TPSA) is 28.2 Å². The highest BCUT2D eigenvalue weighted by molar-refractivity contribution is 5.48. The second kappa shape index (κ2) is 6.48. The van der Waals surface area contributed by atoms with Crippen LogP contribution in [0.3, 0.4) is 0 Å². The molecule has 1 N–H and O–H groups in total. The molecule has 0 fully saturated rings. The lowest BCUT2D eigenvalue weighted by Crippen LogP contribution is -2.27. The summed E-state index contributed by atoms with van der Waals surface area (Å²) in [5, 5.41) is 3.28. The van der Waals surface area contributed by atoms with E-state index in [9.17, 15) is 0 Å². The standard InChI is InChI=1S/C13H23N3/c1-5-10-16(6-2)13-12(11(3)14-4)8-7-9-15-13/h7-9,11,14H,5-6,10H2,1-4H3. The highest BCUT2D eigenvalue weighted by atomic mass is 15.2. The summed E-state index contributed by atoms with van der Waals surface area (Å²) in [6, 6.07) is 4.50. The molecule has 0 aliphatic rings. The lowest BCUT2D eigenvalue weighted by Gasteiger charge is -2.25. The van der Waals surface area contributed by atoms with Crippen LogP contribution in [0.2, 0.25) is 0 Å². The van der Waals surface area contributed by atoms with E-state index in [1.54, 1.807) is 0 Å². The van der Waals surface area contributed by atoms with Crippen molar-refractivity contribution in [2.75, 3.05) is 25.0 Å². The lowest BCUT2D eigenvalue weighted by atomic mass is 10.1. The van der Waals surface area contributed by atoms with Crippen molar-refractivity contribution in [3.63, 3.8) is 0 Å². The van der Waals surface area contributed by atoms with Crippen molar-refractivity contribution < 1.29 is 0 Å². The van der Waals surface area contributed by atoms with Gasteiger partial charge in [0.1, 0.15) is 5.82 Å². The summed E-state index contributed by atoms with van der Waals surface area (Å²) >= 11 is 0. The van der Waals surface area contributed by atoms with Gasteiger partial charge in [0.15, 0.2) is 0 Å². The molecule has 0 radical (unpaired) electrons. The smallest absolute Gasteiger partial charge is 0.133 e. The molecule has 0 bridgehead atoms. The molecule has 3 nitrogen and oxygen atoms in total. The molecule has 0 spiro atoms. The van der Waals surface area contributed by atoms with Crippen molar-refractivity contribution in [3.8, 4) is 0 Å². The summed E-state index contributed by atoms with van der Waals surface area (Å²) in [6.07, 6.45) is 3.03. The fraction of sp³-hybridized carbons (Fsp3) is 0.615. The molecule has 0 saturated heterocycles. The van der Waals surface area contributed by atoms with Gasteiger partial charge in [-0.15, -0.1) is 0 Å². The summed E-state index contributed by atoms with van der Waals surface area (Å²) in [6.45, 7) is 8.62. The van der Waals surface area contributed by atoms with Gasteiger partial charge < -0.3 is 10.2 Å². The molecule has 1 aromatic rings. The minimum absolute atomic E-state index is 0.342. The Bertz CT molecular complexity index is 312. The van der Waals surface area contributed by atoms with E-state index in [4.69, 9.17) is 0 Å². The molecule has 1 atom stereocenters. The zero-order valence-corrected chi connectivity index (χ0v) is 10.8. The number of anilines is 1. The first-order valence-electron chi connectivity index (χ1n) is 6.11. The highest BCUT2D eigenvalue weighted by Gasteiger charge is 2.13. The Morgan fingerprint density at radius 3 is 2.75 bits per heavy atom. The van der Waals surface area contributed by atoms with E-state index in [0.717, 1.165) is 25.3 Å². The van der Waals surface area contributed by atoms with Crippen LogP contribution in [0, 0.1) is 0 Å². The molecule has 16 heavy (non-hydrogen) atoms. The van der Waals surface area contributed by atoms with Gasteiger partial charge in [-0.2, -0.15) is 0 Å². The van der Waals surface area contributed by atoms with Gasteiger partial charge in [-0.3, -0.25) is 0 Å². The highest BCUT2D eigenvalue weighted by Crippen LogP contribution is 2.23. The molecule has 0 amide bonds. The van der Waals surface area contributed by atoms with Gasteiger partial charge in [0, 0.05) is 30.9 Å². The van der Waals surface area contributed by atoms with Crippen LogP contribution in [0.4, 0.5) is 5.82 Å². The van der Waals surface area contributed by atoms with E-state index < -0.39 is 0 Å². The van der Waals surface area contributed by atoms with Gasteiger partial charge in [0.05, 0.1) is 0 Å². The molecule has 3 heteroatoms. The number of rotatable bonds is 6. The van der Waals surface area contributed by atoms with E-state index >= 15 is 0 Å². The Morgan fingerprint density at radius 1 is 1.44 bits per heavy atom. The Kier molecular flexibility index (Phi) is 5.26. The predicted molar refractivity (Wildman–Crippen MR) is 69.9 cm³/mol. The lowest BCUT2D eigenvalue weighted by molar-refractivity contribution is 0.642. The minimum atomic E-state index is 0.342. The van der Waals surface area contributed by atoms with E-state index in [1.807, 2.05) is 19.3 Å². The largest absolute Gasteiger partial charge is 0.357 e. The van der Waals surface area contributed by atoms with E-state index in [2.05, 4.69) is 42.0 Å². The van der Waals surface area contributed by atoms with E-state index in [-0.39, 0.29) is 0 Å². The van der Waals surface area contributed by atoms with Crippen LogP contribution in [0.1, 0.15) is 38.8 Å². The van der Waals surface area contributed by atoms with Gasteiger partial charge in [-0.25, -0.2) is 4.98 Å². The first kappa shape index (κ1) is 13.0. The minimum Gasteiger partial charge on any atom is -0.357 e. The van der Waals surface area contributed by atoms with Crippen molar-refractivity contribution in [2.24, 2.45) is 0 Å². The van der Waals surface area contributed by atoms with Crippen LogP contribution in [0.15, 0.2) is 18.3 Å². The number of aromatic nitrogens is 1. The summed E-state index contributed by atoms with van der Waals surface area (Å²) in [4.78, 5) is 6.86. The molecule has 1 rings (SSSR count). The number of hydrogen-bond acceptors (Lipinski definition) is 3. The quantitative estimate of drug-likeness (QED) is 0.800. The molecular formula is C13H23N3. The number of pyridine rings is 1. The Morgan fingerprint density at radius 2 is 2.19 bits per heavy atom. The van der Waals surface area contributed by atoms with Crippen LogP contribution in [-0.4, -0.2) is 25.1 Å². The van der Waals surface area contributed by atoms with Crippen molar-refractivity contribution in [1.82, 2.24) is 10.3 Å². The van der Waals surface area contributed by atoms with Crippen LogP contribution in [0.25, 0.3) is 0 Å². The Labute approximate surface area is 98.9 Å². The summed E-state index contributed by atoms with van der Waals surface area (Å²) in [5.41, 5.74) is 1.28. The average molecular weight is 221 g/mol. The van der Waals surface area contributed by atoms with Gasteiger partial charge in [-0.1, -0.05) is 13.0 Å². The summed E-state index contributed by atoms with van der Waals surface area (Å²) < 4.78 is 0. The Balaban J connectivity index is 3.00. The second-order valence-electron chi connectivity index (χ2n) is 4.01. The molecule has 90 valence electrons. The summed E-state index contributed by atoms with van der Waals surface area (Å²) in [5.74, 6) is 1.12. The predicted octanol–water partition coefficient (Wildman–Crippen LogP) is 2.60. The zero-order chi connectivity index (χ0) is 12.0. The number of nitrogens with one attached hydrogen (secondary N) is 1. The Hall–Kier alpha value is -1.09. The van der Waals surface area contributed by atoms with Crippen LogP contribution in [0.5, 0.6) is 0 Å². The second-order valence-corrected chi connectivity index (χ2v) is 4.01. The fourth-order valence-electron chi connectivity index (χ4n) is 1.85. The maximum absolute atomic E-state index is 4.52. The molecule has 0 aliphatic heterocycles. The molecule has 0 saturated carbocycles. The van der Waals surface area contributed by atoms with Crippen molar-refractivity contribution >= 4 is 5.82 Å². The molecule has 0 aliphatic carbocycles. The molecule has 1 aromatic heterocycles. The molecule has 1 heterocycles. The molecule has 0 aromatic carbocycles. The number of nitrogens with zero attached hydrogens (tertiary/aromatic N) is 2. The van der Waals surface area contributed by atoms with Gasteiger partial charge in [-0.05, 0) is 33.4 Å². The third-order valence-electron chi connectivity index (χ3n) is 2.89. The van der Waals surface area contributed by atoms with Crippen LogP contribution < -0.4 is 10.2 Å². The normalized spacial score (nSPS) is 12.5. The number of hydrogen-bond donors (Lipinski definition) is 1. The van der Waals surface area contributed by atoms with Gasteiger partial charge >= 0.3 is 0 Å². The van der Waals surface area contributed by atoms with E-state index in [0.29, 0.717) is 6.04 Å². The maximum Gasteiger partial charge on any atom is 0.133 e. The third kappa shape index (κ3) is 2.95. The summed E-state index contributed by atoms with van der Waals surface area (Å²) in [7, 11) is 1.98. The molecular weight excluding hydrogens is 198 g/mol. The fourth-order valence-corrected chi connectivity index (χ4v) is 1.85. The third-order valence-corrected chi connectivity index (χ3v) is 2.89.